The highest BCUT2D eigenvalue weighted by atomic mass is 15.2. The van der Waals surface area contributed by atoms with Crippen LogP contribution in [0.4, 0.5) is 17.1 Å². The molecule has 0 aromatic heterocycles. The molecule has 2 aliphatic heterocycles. The predicted molar refractivity (Wildman–Crippen MR) is 268 cm³/mol. The molecule has 6 aromatic carbocycles. The molecule has 9 rings (SSSR count). The van der Waals surface area contributed by atoms with Crippen LogP contribution in [0.25, 0.3) is 0 Å². The summed E-state index contributed by atoms with van der Waals surface area (Å²) in [5.41, 5.74) is 19.3. The average molecular weight is 812 g/mol. The maximum Gasteiger partial charge on any atom is 0.222 e. The Morgan fingerprint density at radius 2 is 1.16 bits per heavy atom. The molecule has 0 fully saturated rings. The van der Waals surface area contributed by atoms with E-state index in [1.807, 2.05) is 0 Å². The van der Waals surface area contributed by atoms with Gasteiger partial charge in [-0.2, -0.15) is 0 Å². The van der Waals surface area contributed by atoms with Crippen LogP contribution in [0.5, 0.6) is 0 Å². The number of anilines is 3. The van der Waals surface area contributed by atoms with Gasteiger partial charge in [0.15, 0.2) is 0 Å². The number of rotatable bonds is 8. The second-order valence-corrected chi connectivity index (χ2v) is 21.9. The van der Waals surface area contributed by atoms with Gasteiger partial charge in [-0.15, -0.1) is 0 Å². The standard InChI is InChI=1S/C60H66BN/c1-40-34-51-49(31-28-41-20-18-26-46(36-41)59(8,9)42-21-14-12-15-22-42)50-38-45(58(5,6)7)29-32-52(50)61-53-33-30-47(60(10,11)43-23-16-13-17-24-43)39-54(53)62(55(35-40)56(51)61)48-27-19-25-44(37-48)57(2,3)4/h12-27,29-30,32-39,49-50,52H,28,31H2,1-11H3. The van der Waals surface area contributed by atoms with Gasteiger partial charge in [0.2, 0.25) is 6.71 Å². The van der Waals surface area contributed by atoms with E-state index in [1.165, 1.54) is 72.5 Å². The number of aryl methyl sites for hydroxylation is 2. The molecule has 3 aliphatic rings. The van der Waals surface area contributed by atoms with Crippen molar-refractivity contribution in [3.8, 4) is 0 Å². The molecule has 2 heterocycles. The Morgan fingerprint density at radius 1 is 0.548 bits per heavy atom. The third kappa shape index (κ3) is 7.42. The van der Waals surface area contributed by atoms with Crippen LogP contribution in [0.15, 0.2) is 163 Å². The van der Waals surface area contributed by atoms with Crippen LogP contribution in [0.1, 0.15) is 126 Å². The molecule has 0 saturated carbocycles. The Hall–Kier alpha value is -5.34. The van der Waals surface area contributed by atoms with E-state index in [2.05, 4.69) is 239 Å². The second kappa shape index (κ2) is 15.5. The van der Waals surface area contributed by atoms with Crippen LogP contribution in [-0.2, 0) is 22.7 Å². The van der Waals surface area contributed by atoms with Crippen molar-refractivity contribution in [2.45, 2.75) is 117 Å². The number of allylic oxidation sites excluding steroid dienone is 4. The van der Waals surface area contributed by atoms with Crippen molar-refractivity contribution < 1.29 is 0 Å². The smallest absolute Gasteiger partial charge is 0.222 e. The predicted octanol–water partition coefficient (Wildman–Crippen LogP) is 14.6. The maximum absolute atomic E-state index is 2.71. The quantitative estimate of drug-likeness (QED) is 0.138. The van der Waals surface area contributed by atoms with E-state index < -0.39 is 0 Å². The van der Waals surface area contributed by atoms with E-state index in [1.54, 1.807) is 5.56 Å². The molecule has 2 heteroatoms. The summed E-state index contributed by atoms with van der Waals surface area (Å²) in [5.74, 6) is 1.10. The molecule has 1 aliphatic carbocycles. The largest absolute Gasteiger partial charge is 0.312 e. The zero-order chi connectivity index (χ0) is 43.8. The van der Waals surface area contributed by atoms with Gasteiger partial charge in [0.25, 0.3) is 0 Å². The minimum atomic E-state index is -0.170. The SMILES string of the molecule is Cc1cc2c3c(c1)N(c1cccc(C(C)(C)C)c1)c1cc(C(C)(C)c4ccccc4)ccc1B3C1C=CC(C(C)(C)C)=CC1C2CCc1cccc(C(C)(C)c2ccccc2)c1. The Kier molecular flexibility index (Phi) is 10.5. The summed E-state index contributed by atoms with van der Waals surface area (Å²) in [6.45, 7) is 26.2. The van der Waals surface area contributed by atoms with Gasteiger partial charge in [-0.3, -0.25) is 0 Å². The summed E-state index contributed by atoms with van der Waals surface area (Å²) in [5, 5.41) is 0. The lowest BCUT2D eigenvalue weighted by molar-refractivity contribution is 0.444. The molecule has 0 bridgehead atoms. The fraction of sp³-hybridized carbons (Fsp3) is 0.333. The molecule has 6 aromatic rings. The zero-order valence-electron chi connectivity index (χ0n) is 39.2. The Labute approximate surface area is 374 Å². The molecular formula is C60H66BN. The van der Waals surface area contributed by atoms with Gasteiger partial charge in [-0.25, -0.2) is 0 Å². The van der Waals surface area contributed by atoms with Crippen LogP contribution in [-0.4, -0.2) is 6.71 Å². The van der Waals surface area contributed by atoms with Crippen molar-refractivity contribution in [2.75, 3.05) is 4.90 Å². The minimum absolute atomic E-state index is 0.0241. The van der Waals surface area contributed by atoms with Gasteiger partial charge in [0.1, 0.15) is 0 Å². The first kappa shape index (κ1) is 42.0. The van der Waals surface area contributed by atoms with Crippen molar-refractivity contribution in [3.63, 3.8) is 0 Å². The summed E-state index contributed by atoms with van der Waals surface area (Å²) in [7, 11) is 0. The number of hydrogen-bond acceptors (Lipinski definition) is 1. The average Bonchev–Trinajstić information content (AvgIpc) is 3.25. The third-order valence-corrected chi connectivity index (χ3v) is 15.0. The molecule has 0 spiro atoms. The molecular weight excluding hydrogens is 745 g/mol. The van der Waals surface area contributed by atoms with Gasteiger partial charge in [0.05, 0.1) is 0 Å². The molecule has 314 valence electrons. The van der Waals surface area contributed by atoms with Gasteiger partial charge in [0, 0.05) is 27.9 Å². The lowest BCUT2D eigenvalue weighted by Gasteiger charge is -2.49. The molecule has 0 N–H and O–H groups in total. The van der Waals surface area contributed by atoms with Gasteiger partial charge in [-0.05, 0) is 134 Å². The number of nitrogens with zero attached hydrogens (tertiary/aromatic N) is 1. The van der Waals surface area contributed by atoms with E-state index >= 15 is 0 Å². The highest BCUT2D eigenvalue weighted by Crippen LogP contribution is 2.53. The van der Waals surface area contributed by atoms with Crippen molar-refractivity contribution in [1.82, 2.24) is 0 Å². The zero-order valence-corrected chi connectivity index (χ0v) is 39.2. The highest BCUT2D eigenvalue weighted by molar-refractivity contribution is 6.90. The molecule has 3 atom stereocenters. The van der Waals surface area contributed by atoms with Gasteiger partial charge in [-0.1, -0.05) is 203 Å². The lowest BCUT2D eigenvalue weighted by Crippen LogP contribution is -2.59. The van der Waals surface area contributed by atoms with Gasteiger partial charge >= 0.3 is 0 Å². The maximum atomic E-state index is 2.71. The number of hydrogen-bond donors (Lipinski definition) is 0. The van der Waals surface area contributed by atoms with E-state index in [0.29, 0.717) is 17.7 Å². The van der Waals surface area contributed by atoms with Crippen molar-refractivity contribution in [2.24, 2.45) is 11.3 Å². The highest BCUT2D eigenvalue weighted by Gasteiger charge is 2.50. The summed E-state index contributed by atoms with van der Waals surface area (Å²) in [6, 6.07) is 53.5. The van der Waals surface area contributed by atoms with E-state index in [0.717, 1.165) is 12.8 Å². The summed E-state index contributed by atoms with van der Waals surface area (Å²) < 4.78 is 0. The van der Waals surface area contributed by atoms with Crippen molar-refractivity contribution >= 4 is 34.7 Å². The van der Waals surface area contributed by atoms with Crippen LogP contribution in [0.3, 0.4) is 0 Å². The van der Waals surface area contributed by atoms with Crippen LogP contribution in [0, 0.1) is 18.3 Å². The Bertz CT molecular complexity index is 2680. The topological polar surface area (TPSA) is 3.24 Å². The second-order valence-electron chi connectivity index (χ2n) is 21.9. The first-order valence-corrected chi connectivity index (χ1v) is 23.2. The van der Waals surface area contributed by atoms with Crippen molar-refractivity contribution in [1.29, 1.82) is 0 Å². The Morgan fingerprint density at radius 3 is 1.81 bits per heavy atom. The third-order valence-electron chi connectivity index (χ3n) is 15.0. The molecule has 62 heavy (non-hydrogen) atoms. The molecule has 3 unspecified atom stereocenters. The van der Waals surface area contributed by atoms with Crippen LogP contribution in [0.2, 0.25) is 5.82 Å². The van der Waals surface area contributed by atoms with E-state index in [4.69, 9.17) is 0 Å². The van der Waals surface area contributed by atoms with Gasteiger partial charge < -0.3 is 4.90 Å². The summed E-state index contributed by atoms with van der Waals surface area (Å²) in [4.78, 5) is 2.65. The normalized spacial score (nSPS) is 18.5. The molecule has 0 radical (unpaired) electrons. The summed E-state index contributed by atoms with van der Waals surface area (Å²) >= 11 is 0. The fourth-order valence-corrected chi connectivity index (χ4v) is 11.1. The van der Waals surface area contributed by atoms with Crippen LogP contribution >= 0.6 is 0 Å². The Balaban J connectivity index is 1.22. The molecule has 0 saturated heterocycles. The number of benzene rings is 6. The molecule has 0 amide bonds. The van der Waals surface area contributed by atoms with E-state index in [9.17, 15) is 0 Å². The number of fused-ring (bicyclic) bond motifs is 4. The lowest BCUT2D eigenvalue weighted by atomic mass is 9.26. The first-order valence-electron chi connectivity index (χ1n) is 23.2. The first-order chi connectivity index (χ1) is 29.4. The monoisotopic (exact) mass is 812 g/mol. The minimum Gasteiger partial charge on any atom is -0.312 e. The summed E-state index contributed by atoms with van der Waals surface area (Å²) in [6.07, 6.45) is 9.95. The van der Waals surface area contributed by atoms with Crippen molar-refractivity contribution in [3.05, 3.63) is 208 Å². The molecule has 1 nitrogen and oxygen atoms in total. The van der Waals surface area contributed by atoms with E-state index in [-0.39, 0.29) is 28.4 Å². The van der Waals surface area contributed by atoms with Crippen LogP contribution < -0.4 is 15.8 Å². The fourth-order valence-electron chi connectivity index (χ4n) is 11.1.